The van der Waals surface area contributed by atoms with Crippen molar-refractivity contribution in [3.63, 3.8) is 0 Å². The van der Waals surface area contributed by atoms with Gasteiger partial charge in [0.1, 0.15) is 0 Å². The smallest absolute Gasteiger partial charge is 0.256 e. The minimum atomic E-state index is -0.247. The van der Waals surface area contributed by atoms with E-state index in [1.807, 2.05) is 51.1 Å². The molecule has 8 nitrogen and oxygen atoms in total. The predicted octanol–water partition coefficient (Wildman–Crippen LogP) is 4.44. The summed E-state index contributed by atoms with van der Waals surface area (Å²) in [4.78, 5) is 44.4. The van der Waals surface area contributed by atoms with Crippen LogP contribution in [0, 0.1) is 13.8 Å². The molecular formula is C31H35N5O3. The van der Waals surface area contributed by atoms with Gasteiger partial charge in [0.2, 0.25) is 0 Å². The van der Waals surface area contributed by atoms with E-state index in [2.05, 4.69) is 25.8 Å². The van der Waals surface area contributed by atoms with E-state index in [-0.39, 0.29) is 23.8 Å². The number of benzene rings is 2. The van der Waals surface area contributed by atoms with E-state index in [1.54, 1.807) is 24.3 Å². The zero-order valence-electron chi connectivity index (χ0n) is 22.7. The number of H-pyrrole nitrogens is 1. The largest absolute Gasteiger partial charge is 0.358 e. The van der Waals surface area contributed by atoms with Crippen molar-refractivity contribution in [2.24, 2.45) is 0 Å². The highest BCUT2D eigenvalue weighted by Gasteiger charge is 2.27. The monoisotopic (exact) mass is 525 g/mol. The number of carbonyl (C=O) groups excluding carboxylic acids is 3. The second-order valence-electron chi connectivity index (χ2n) is 10.3. The number of aryl methyl sites for hydroxylation is 1. The van der Waals surface area contributed by atoms with Gasteiger partial charge in [-0.05, 0) is 76.0 Å². The van der Waals surface area contributed by atoms with Crippen LogP contribution in [0.3, 0.4) is 0 Å². The molecule has 3 aromatic rings. The van der Waals surface area contributed by atoms with Gasteiger partial charge in [0, 0.05) is 41.3 Å². The maximum Gasteiger partial charge on any atom is 0.256 e. The lowest BCUT2D eigenvalue weighted by Crippen LogP contribution is -2.33. The summed E-state index contributed by atoms with van der Waals surface area (Å²) >= 11 is 0. The third-order valence-corrected chi connectivity index (χ3v) is 7.62. The minimum Gasteiger partial charge on any atom is -0.358 e. The number of amides is 3. The molecule has 2 aliphatic rings. The fourth-order valence-electron chi connectivity index (χ4n) is 5.41. The number of fused-ring (bicyclic) bond motifs is 1. The summed E-state index contributed by atoms with van der Waals surface area (Å²) in [5.74, 6) is -0.567. The van der Waals surface area contributed by atoms with Gasteiger partial charge >= 0.3 is 0 Å². The summed E-state index contributed by atoms with van der Waals surface area (Å²) in [6.45, 7) is 9.35. The maximum absolute atomic E-state index is 13.0. The topological polar surface area (TPSA) is 106 Å². The van der Waals surface area contributed by atoms with Crippen molar-refractivity contribution >= 4 is 35.1 Å². The van der Waals surface area contributed by atoms with Crippen LogP contribution < -0.4 is 16.0 Å². The Morgan fingerprint density at radius 2 is 1.79 bits per heavy atom. The zero-order valence-corrected chi connectivity index (χ0v) is 22.7. The van der Waals surface area contributed by atoms with Crippen LogP contribution in [-0.4, -0.2) is 53.8 Å². The third kappa shape index (κ3) is 5.66. The number of aromatic nitrogens is 1. The molecule has 1 fully saturated rings. The molecule has 1 aromatic heterocycles. The normalized spacial score (nSPS) is 16.7. The summed E-state index contributed by atoms with van der Waals surface area (Å²) < 4.78 is 0. The van der Waals surface area contributed by atoms with Gasteiger partial charge < -0.3 is 25.8 Å². The van der Waals surface area contributed by atoms with Crippen molar-refractivity contribution in [2.75, 3.05) is 31.5 Å². The Balaban J connectivity index is 1.30. The summed E-state index contributed by atoms with van der Waals surface area (Å²) in [6, 6.07) is 14.8. The quantitative estimate of drug-likeness (QED) is 0.326. The molecule has 0 saturated carbocycles. The lowest BCUT2D eigenvalue weighted by atomic mass is 10.0. The van der Waals surface area contributed by atoms with Crippen molar-refractivity contribution < 1.29 is 14.4 Å². The molecule has 202 valence electrons. The molecule has 3 amide bonds. The van der Waals surface area contributed by atoms with E-state index in [1.165, 1.54) is 12.8 Å². The average Bonchev–Trinajstić information content (AvgIpc) is 3.62. The molecule has 1 saturated heterocycles. The second kappa shape index (κ2) is 11.3. The van der Waals surface area contributed by atoms with Gasteiger partial charge in [-0.25, -0.2) is 0 Å². The fraction of sp³-hybridized carbons (Fsp3) is 0.323. The number of nitrogens with zero attached hydrogens (tertiary/aromatic N) is 1. The molecule has 5 rings (SSSR count). The van der Waals surface area contributed by atoms with Crippen molar-refractivity contribution in [2.45, 2.75) is 39.7 Å². The first-order valence-electron chi connectivity index (χ1n) is 13.5. The van der Waals surface area contributed by atoms with E-state index in [0.29, 0.717) is 34.6 Å². The number of hydrogen-bond acceptors (Lipinski definition) is 4. The molecule has 1 atom stereocenters. The van der Waals surface area contributed by atoms with Crippen LogP contribution in [0.25, 0.3) is 11.6 Å². The van der Waals surface area contributed by atoms with Crippen LogP contribution in [0.5, 0.6) is 0 Å². The number of likely N-dealkylation sites (tertiary alicyclic amines) is 1. The molecule has 2 aliphatic heterocycles. The SMILES string of the molecule is Cc1[nH]c(/C=C2\C(=O)Nc3cc(C(=O)N[C@H](C)c4ccccc4)ccc32)c(C)c1C(=O)NCCN1CCCC1. The molecule has 0 radical (unpaired) electrons. The standard InChI is InChI=1S/C31H35N5O3/c1-19-26(33-21(3)28(19)31(39)32-13-16-36-14-7-8-15-36)18-25-24-12-11-23(17-27(24)35-30(25)38)29(37)34-20(2)22-9-5-4-6-10-22/h4-6,9-12,17-18,20,33H,7-8,13-16H2,1-3H3,(H,32,39)(H,34,37)(H,35,38)/b25-18-/t20-/m1/s1. The van der Waals surface area contributed by atoms with Gasteiger partial charge in [-0.3, -0.25) is 14.4 Å². The molecule has 2 aromatic carbocycles. The first-order chi connectivity index (χ1) is 18.8. The van der Waals surface area contributed by atoms with Crippen molar-refractivity contribution in [1.82, 2.24) is 20.5 Å². The molecular weight excluding hydrogens is 490 g/mol. The summed E-state index contributed by atoms with van der Waals surface area (Å²) in [6.07, 6.45) is 4.23. The van der Waals surface area contributed by atoms with Crippen molar-refractivity contribution in [3.05, 3.63) is 87.7 Å². The van der Waals surface area contributed by atoms with Gasteiger partial charge in [0.05, 0.1) is 17.2 Å². The van der Waals surface area contributed by atoms with Crippen LogP contribution in [0.4, 0.5) is 5.69 Å². The van der Waals surface area contributed by atoms with Gasteiger partial charge in [0.15, 0.2) is 0 Å². The number of aromatic amines is 1. The maximum atomic E-state index is 13.0. The number of rotatable bonds is 8. The van der Waals surface area contributed by atoms with E-state index in [4.69, 9.17) is 0 Å². The predicted molar refractivity (Wildman–Crippen MR) is 154 cm³/mol. The lowest BCUT2D eigenvalue weighted by molar-refractivity contribution is -0.110. The van der Waals surface area contributed by atoms with Gasteiger partial charge in [-0.2, -0.15) is 0 Å². The molecule has 8 heteroatoms. The van der Waals surface area contributed by atoms with Gasteiger partial charge in [-0.15, -0.1) is 0 Å². The highest BCUT2D eigenvalue weighted by Crippen LogP contribution is 2.35. The Hall–Kier alpha value is -4.17. The van der Waals surface area contributed by atoms with Crippen LogP contribution in [-0.2, 0) is 4.79 Å². The van der Waals surface area contributed by atoms with Gasteiger partial charge in [0.25, 0.3) is 17.7 Å². The van der Waals surface area contributed by atoms with Crippen LogP contribution in [0.15, 0.2) is 48.5 Å². The molecule has 0 bridgehead atoms. The summed E-state index contributed by atoms with van der Waals surface area (Å²) in [5, 5.41) is 8.93. The van der Waals surface area contributed by atoms with E-state index >= 15 is 0 Å². The second-order valence-corrected chi connectivity index (χ2v) is 10.3. The molecule has 0 unspecified atom stereocenters. The Bertz CT molecular complexity index is 1430. The third-order valence-electron chi connectivity index (χ3n) is 7.62. The van der Waals surface area contributed by atoms with Crippen LogP contribution >= 0.6 is 0 Å². The van der Waals surface area contributed by atoms with Crippen molar-refractivity contribution in [3.8, 4) is 0 Å². The fourth-order valence-corrected chi connectivity index (χ4v) is 5.41. The van der Waals surface area contributed by atoms with Crippen LogP contribution in [0.2, 0.25) is 0 Å². The lowest BCUT2D eigenvalue weighted by Gasteiger charge is -2.14. The number of hydrogen-bond donors (Lipinski definition) is 4. The summed E-state index contributed by atoms with van der Waals surface area (Å²) in [7, 11) is 0. The van der Waals surface area contributed by atoms with E-state index < -0.39 is 0 Å². The van der Waals surface area contributed by atoms with Crippen molar-refractivity contribution in [1.29, 1.82) is 0 Å². The van der Waals surface area contributed by atoms with Gasteiger partial charge in [-0.1, -0.05) is 36.4 Å². The van der Waals surface area contributed by atoms with Crippen LogP contribution in [0.1, 0.15) is 74.6 Å². The molecule has 39 heavy (non-hydrogen) atoms. The Kier molecular flexibility index (Phi) is 7.65. The molecule has 4 N–H and O–H groups in total. The van der Waals surface area contributed by atoms with E-state index in [0.717, 1.165) is 42.0 Å². The number of carbonyl (C=O) groups is 3. The highest BCUT2D eigenvalue weighted by atomic mass is 16.2. The number of nitrogens with one attached hydrogen (secondary N) is 4. The molecule has 0 aliphatic carbocycles. The highest BCUT2D eigenvalue weighted by molar-refractivity contribution is 6.35. The minimum absolute atomic E-state index is 0.109. The van der Waals surface area contributed by atoms with E-state index in [9.17, 15) is 14.4 Å². The zero-order chi connectivity index (χ0) is 27.5. The first-order valence-corrected chi connectivity index (χ1v) is 13.5. The first kappa shape index (κ1) is 26.4. The Labute approximate surface area is 228 Å². The average molecular weight is 526 g/mol. The molecule has 0 spiro atoms. The molecule has 3 heterocycles. The number of anilines is 1. The Morgan fingerprint density at radius 1 is 1.05 bits per heavy atom. The summed E-state index contributed by atoms with van der Waals surface area (Å²) in [5.41, 5.74) is 6.17. The Morgan fingerprint density at radius 3 is 2.54 bits per heavy atom.